The zero-order chi connectivity index (χ0) is 25.9. The van der Waals surface area contributed by atoms with Crippen LogP contribution in [0.4, 0.5) is 18.9 Å². The van der Waals surface area contributed by atoms with Gasteiger partial charge in [0, 0.05) is 23.9 Å². The van der Waals surface area contributed by atoms with E-state index >= 15 is 4.39 Å². The lowest BCUT2D eigenvalue weighted by Crippen LogP contribution is -2.27. The number of hydrogen-bond acceptors (Lipinski definition) is 7. The lowest BCUT2D eigenvalue weighted by molar-refractivity contribution is 0.103. The number of hydrogen-bond donors (Lipinski definition) is 1. The number of nitrogens with zero attached hydrogens (tertiary/aromatic N) is 3. The molecule has 3 aromatic rings. The van der Waals surface area contributed by atoms with Gasteiger partial charge in [0.25, 0.3) is 0 Å². The van der Waals surface area contributed by atoms with Crippen molar-refractivity contribution in [3.63, 3.8) is 0 Å². The maximum absolute atomic E-state index is 15.3. The van der Waals surface area contributed by atoms with E-state index in [0.717, 1.165) is 6.07 Å². The molecule has 0 aliphatic carbocycles. The number of fused-ring (bicyclic) bond motifs is 1. The number of carbonyl (C=O) groups excluding carboxylic acids is 1. The largest absolute Gasteiger partial charge is 0.288 e. The predicted octanol–water partition coefficient (Wildman–Crippen LogP) is 3.48. The van der Waals surface area contributed by atoms with Crippen molar-refractivity contribution < 1.29 is 34.8 Å². The summed E-state index contributed by atoms with van der Waals surface area (Å²) in [6.07, 6.45) is 1.39. The van der Waals surface area contributed by atoms with E-state index in [1.54, 1.807) is 6.92 Å². The number of carbonyl (C=O) groups is 1. The van der Waals surface area contributed by atoms with Crippen LogP contribution < -0.4 is 4.31 Å². The van der Waals surface area contributed by atoms with Crippen molar-refractivity contribution in [3.05, 3.63) is 64.2 Å². The van der Waals surface area contributed by atoms with Crippen molar-refractivity contribution in [1.29, 1.82) is 0 Å². The van der Waals surface area contributed by atoms with Crippen LogP contribution in [0.5, 0.6) is 0 Å². The molecule has 3 rings (SSSR count). The lowest BCUT2D eigenvalue weighted by atomic mass is 10.0. The topological polar surface area (TPSA) is 114 Å². The summed E-state index contributed by atoms with van der Waals surface area (Å²) in [4.78, 5) is 20.9. The van der Waals surface area contributed by atoms with Crippen molar-refractivity contribution in [2.45, 2.75) is 19.8 Å². The van der Waals surface area contributed by atoms with Gasteiger partial charge >= 0.3 is 0 Å². The Morgan fingerprint density at radius 1 is 1.09 bits per heavy atom. The molecule has 0 N–H and O–H groups in total. The molecule has 0 fully saturated rings. The van der Waals surface area contributed by atoms with Gasteiger partial charge in [-0.25, -0.2) is 35.0 Å². The Morgan fingerprint density at radius 3 is 2.46 bits per heavy atom. The Kier molecular flexibility index (Phi) is 8.34. The molecular weight excluding hydrogens is 531 g/mol. The predicted molar refractivity (Wildman–Crippen MR) is 126 cm³/mol. The van der Waals surface area contributed by atoms with Gasteiger partial charge in [-0.3, -0.25) is 14.1 Å². The lowest BCUT2D eigenvalue weighted by Gasteiger charge is -2.20. The molecule has 0 aliphatic rings. The number of sulfone groups is 1. The summed E-state index contributed by atoms with van der Waals surface area (Å²) in [5.41, 5.74) is -2.03. The smallest absolute Gasteiger partial charge is 0.225 e. The third kappa shape index (κ3) is 6.08. The highest BCUT2D eigenvalue weighted by Crippen LogP contribution is 2.30. The summed E-state index contributed by atoms with van der Waals surface area (Å²) >= 11 is 5.78. The second-order valence-corrected chi connectivity index (χ2v) is 11.1. The summed E-state index contributed by atoms with van der Waals surface area (Å²) in [5, 5.41) is 0.00309. The molecule has 0 bridgehead atoms. The SMILES string of the molecule is CCCS(=O)(=O)CCCN(c1cc(F)c(F)c(C(=O)c2ccc3ncc(Cl)nc3c2)c1F)[SH](=O)=O. The van der Waals surface area contributed by atoms with Gasteiger partial charge < -0.3 is 0 Å². The van der Waals surface area contributed by atoms with Gasteiger partial charge in [-0.1, -0.05) is 18.5 Å². The summed E-state index contributed by atoms with van der Waals surface area (Å²) < 4.78 is 92.0. The van der Waals surface area contributed by atoms with Crippen LogP contribution in [0.15, 0.2) is 30.5 Å². The molecule has 2 aromatic carbocycles. The number of thiol groups is 1. The van der Waals surface area contributed by atoms with E-state index in [2.05, 4.69) is 9.97 Å². The summed E-state index contributed by atoms with van der Waals surface area (Å²) in [7, 11) is -7.05. The normalized spacial score (nSPS) is 11.8. The first-order valence-electron chi connectivity index (χ1n) is 10.2. The zero-order valence-electron chi connectivity index (χ0n) is 18.2. The molecule has 0 saturated carbocycles. The molecular formula is C21H19ClF3N3O5S2. The van der Waals surface area contributed by atoms with Crippen LogP contribution in [0.2, 0.25) is 5.15 Å². The number of halogens is 4. The first kappa shape index (κ1) is 26.8. The number of benzene rings is 2. The maximum atomic E-state index is 15.3. The molecule has 0 aliphatic heterocycles. The second-order valence-electron chi connectivity index (χ2n) is 7.47. The summed E-state index contributed by atoms with van der Waals surface area (Å²) in [6, 6.07) is 4.00. The molecule has 0 atom stereocenters. The van der Waals surface area contributed by atoms with Crippen LogP contribution in [0, 0.1) is 17.5 Å². The van der Waals surface area contributed by atoms with Crippen LogP contribution in [0.1, 0.15) is 35.7 Å². The first-order chi connectivity index (χ1) is 16.4. The van der Waals surface area contributed by atoms with Gasteiger partial charge in [0.15, 0.2) is 23.2 Å². The molecule has 1 heterocycles. The third-order valence-electron chi connectivity index (χ3n) is 4.95. The van der Waals surface area contributed by atoms with Gasteiger partial charge in [0.05, 0.1) is 34.2 Å². The van der Waals surface area contributed by atoms with Crippen molar-refractivity contribution in [3.8, 4) is 0 Å². The molecule has 0 saturated heterocycles. The Bertz CT molecular complexity index is 1470. The van der Waals surface area contributed by atoms with E-state index in [0.29, 0.717) is 22.3 Å². The van der Waals surface area contributed by atoms with Gasteiger partial charge in [-0.2, -0.15) is 0 Å². The van der Waals surface area contributed by atoms with Gasteiger partial charge in [0.2, 0.25) is 10.9 Å². The average molecular weight is 550 g/mol. The van der Waals surface area contributed by atoms with E-state index in [9.17, 15) is 30.4 Å². The quantitative estimate of drug-likeness (QED) is 0.234. The minimum Gasteiger partial charge on any atom is -0.288 e. The van der Waals surface area contributed by atoms with E-state index in [1.165, 1.54) is 18.3 Å². The molecule has 0 spiro atoms. The standard InChI is InChI=1S/C21H19ClF3N3O5S2/c1-2-7-35(32,33)8-3-6-28(34(30)31)16-10-13(23)19(24)18(20(16)25)21(29)12-4-5-14-15(9-12)27-17(22)11-26-14/h4-5,9-11,34H,2-3,6-8H2,1H3. The molecule has 0 unspecified atom stereocenters. The Morgan fingerprint density at radius 2 is 1.80 bits per heavy atom. The zero-order valence-corrected chi connectivity index (χ0v) is 20.6. The molecule has 35 heavy (non-hydrogen) atoms. The minimum absolute atomic E-state index is 0.00309. The fraction of sp³-hybridized carbons (Fsp3) is 0.286. The van der Waals surface area contributed by atoms with Crippen molar-refractivity contribution >= 4 is 54.8 Å². The number of aromatic nitrogens is 2. The van der Waals surface area contributed by atoms with Gasteiger partial charge in [-0.05, 0) is 31.0 Å². The van der Waals surface area contributed by atoms with Crippen LogP contribution in [0.25, 0.3) is 11.0 Å². The second kappa shape index (κ2) is 10.9. The highest BCUT2D eigenvalue weighted by Gasteiger charge is 2.29. The van der Waals surface area contributed by atoms with E-state index in [-0.39, 0.29) is 28.4 Å². The van der Waals surface area contributed by atoms with Crippen molar-refractivity contribution in [2.24, 2.45) is 0 Å². The van der Waals surface area contributed by atoms with E-state index in [4.69, 9.17) is 11.6 Å². The highest BCUT2D eigenvalue weighted by molar-refractivity contribution is 7.91. The highest BCUT2D eigenvalue weighted by atomic mass is 35.5. The van der Waals surface area contributed by atoms with E-state index in [1.807, 2.05) is 0 Å². The van der Waals surface area contributed by atoms with Crippen molar-refractivity contribution in [2.75, 3.05) is 22.4 Å². The van der Waals surface area contributed by atoms with E-state index < -0.39 is 67.5 Å². The molecule has 188 valence electrons. The molecule has 1 aromatic heterocycles. The summed E-state index contributed by atoms with van der Waals surface area (Å²) in [5.74, 6) is -6.85. The van der Waals surface area contributed by atoms with Crippen molar-refractivity contribution in [1.82, 2.24) is 9.97 Å². The molecule has 8 nitrogen and oxygen atoms in total. The number of anilines is 1. The van der Waals surface area contributed by atoms with Gasteiger partial charge in [-0.15, -0.1) is 0 Å². The Hall–Kier alpha value is -2.77. The monoisotopic (exact) mass is 549 g/mol. The molecule has 14 heteroatoms. The fourth-order valence-electron chi connectivity index (χ4n) is 3.39. The number of ketones is 1. The Balaban J connectivity index is 2.02. The third-order valence-corrected chi connectivity index (χ3v) is 7.89. The molecule has 0 radical (unpaired) electrons. The van der Waals surface area contributed by atoms with Crippen LogP contribution >= 0.6 is 11.6 Å². The van der Waals surface area contributed by atoms with Crippen LogP contribution in [-0.4, -0.2) is 50.6 Å². The number of rotatable bonds is 10. The van der Waals surface area contributed by atoms with Crippen LogP contribution in [-0.2, 0) is 20.7 Å². The summed E-state index contributed by atoms with van der Waals surface area (Å²) in [6.45, 7) is 1.13. The van der Waals surface area contributed by atoms with Crippen LogP contribution in [0.3, 0.4) is 0 Å². The Labute approximate surface area is 205 Å². The fourth-order valence-corrected chi connectivity index (χ4v) is 5.55. The minimum atomic E-state index is -3.58. The first-order valence-corrected chi connectivity index (χ1v) is 13.5. The molecule has 0 amide bonds. The van der Waals surface area contributed by atoms with Gasteiger partial charge in [0.1, 0.15) is 15.0 Å². The maximum Gasteiger partial charge on any atom is 0.225 e. The average Bonchev–Trinajstić information content (AvgIpc) is 2.78.